The summed E-state index contributed by atoms with van der Waals surface area (Å²) in [4.78, 5) is 11.7. The fourth-order valence-corrected chi connectivity index (χ4v) is 1.56. The molecule has 1 rings (SSSR count). The van der Waals surface area contributed by atoms with Gasteiger partial charge in [-0.15, -0.1) is 0 Å². The molecule has 0 aromatic heterocycles. The van der Waals surface area contributed by atoms with Crippen molar-refractivity contribution in [2.75, 3.05) is 0 Å². The zero-order valence-electron chi connectivity index (χ0n) is 10.1. The number of hydrogen-bond donors (Lipinski definition) is 2. The van der Waals surface area contributed by atoms with Crippen molar-refractivity contribution in [2.45, 2.75) is 32.2 Å². The average Bonchev–Trinajstić information content (AvgIpc) is 2.34. The van der Waals surface area contributed by atoms with Gasteiger partial charge in [-0.25, -0.2) is 4.39 Å². The van der Waals surface area contributed by atoms with Gasteiger partial charge in [0.15, 0.2) is 11.6 Å². The fraction of sp³-hybridized carbons (Fsp3) is 0.385. The van der Waals surface area contributed by atoms with Crippen LogP contribution in [-0.4, -0.2) is 17.1 Å². The second kappa shape index (κ2) is 6.60. The molecule has 0 radical (unpaired) electrons. The number of carbonyl (C=O) groups excluding carboxylic acids is 1. The number of hydrogen-bond acceptors (Lipinski definition) is 3. The third kappa shape index (κ3) is 3.74. The minimum Gasteiger partial charge on any atom is -0.505 e. The molecule has 0 aliphatic heterocycles. The van der Waals surface area contributed by atoms with E-state index in [0.29, 0.717) is 6.42 Å². The molecule has 96 valence electrons. The van der Waals surface area contributed by atoms with Crippen LogP contribution < -0.4 is 5.32 Å². The number of rotatable bonds is 5. The number of phenolic OH excluding ortho intramolecular Hbond substituents is 1. The van der Waals surface area contributed by atoms with Gasteiger partial charge < -0.3 is 10.4 Å². The van der Waals surface area contributed by atoms with E-state index >= 15 is 0 Å². The van der Waals surface area contributed by atoms with E-state index in [-0.39, 0.29) is 30.4 Å². The highest BCUT2D eigenvalue weighted by atomic mass is 19.1. The Morgan fingerprint density at radius 3 is 2.94 bits per heavy atom. The summed E-state index contributed by atoms with van der Waals surface area (Å²) >= 11 is 0. The number of carbonyl (C=O) groups is 1. The highest BCUT2D eigenvalue weighted by molar-refractivity contribution is 5.79. The van der Waals surface area contributed by atoms with Gasteiger partial charge in [0.2, 0.25) is 5.91 Å². The summed E-state index contributed by atoms with van der Waals surface area (Å²) in [7, 11) is 0. The normalized spacial score (nSPS) is 11.6. The lowest BCUT2D eigenvalue weighted by Gasteiger charge is -2.13. The first-order chi connectivity index (χ1) is 8.58. The molecule has 1 aromatic rings. The highest BCUT2D eigenvalue weighted by Gasteiger charge is 2.13. The zero-order valence-corrected chi connectivity index (χ0v) is 10.1. The molecule has 0 bridgehead atoms. The highest BCUT2D eigenvalue weighted by Crippen LogP contribution is 2.21. The first-order valence-electron chi connectivity index (χ1n) is 5.71. The summed E-state index contributed by atoms with van der Waals surface area (Å²) in [6, 6.07) is 5.82. The Kier molecular flexibility index (Phi) is 5.12. The van der Waals surface area contributed by atoms with E-state index in [9.17, 15) is 14.3 Å². The van der Waals surface area contributed by atoms with Crippen LogP contribution in [-0.2, 0) is 11.2 Å². The first-order valence-corrected chi connectivity index (χ1v) is 5.71. The Morgan fingerprint density at radius 2 is 2.33 bits per heavy atom. The number of phenols is 1. The van der Waals surface area contributed by atoms with Gasteiger partial charge in [0.25, 0.3) is 0 Å². The van der Waals surface area contributed by atoms with E-state index in [4.69, 9.17) is 5.26 Å². The Bertz CT molecular complexity index is 469. The third-order valence-corrected chi connectivity index (χ3v) is 2.62. The van der Waals surface area contributed by atoms with Crippen molar-refractivity contribution in [1.82, 2.24) is 5.32 Å². The maximum Gasteiger partial charge on any atom is 0.224 e. The molecule has 2 N–H and O–H groups in total. The van der Waals surface area contributed by atoms with Crippen LogP contribution in [0.2, 0.25) is 0 Å². The largest absolute Gasteiger partial charge is 0.505 e. The molecule has 5 heteroatoms. The molecule has 0 saturated heterocycles. The average molecular weight is 250 g/mol. The minimum absolute atomic E-state index is 0.106. The maximum atomic E-state index is 13.1. The van der Waals surface area contributed by atoms with Gasteiger partial charge in [0.05, 0.1) is 18.9 Å². The van der Waals surface area contributed by atoms with Crippen LogP contribution in [0, 0.1) is 17.1 Å². The molecule has 1 aromatic carbocycles. The Labute approximate surface area is 105 Å². The van der Waals surface area contributed by atoms with E-state index in [1.165, 1.54) is 12.1 Å². The second-order valence-electron chi connectivity index (χ2n) is 3.96. The van der Waals surface area contributed by atoms with Gasteiger partial charge in [-0.05, 0) is 12.5 Å². The molecule has 0 heterocycles. The van der Waals surface area contributed by atoms with Crippen molar-refractivity contribution in [3.63, 3.8) is 0 Å². The van der Waals surface area contributed by atoms with Gasteiger partial charge >= 0.3 is 0 Å². The number of amides is 1. The minimum atomic E-state index is -0.746. The molecular weight excluding hydrogens is 235 g/mol. The molecule has 0 saturated carbocycles. The van der Waals surface area contributed by atoms with Gasteiger partial charge in [0.1, 0.15) is 0 Å². The van der Waals surface area contributed by atoms with Crippen LogP contribution in [0.5, 0.6) is 5.75 Å². The number of nitriles is 1. The molecule has 0 aliphatic carbocycles. The standard InChI is InChI=1S/C13H15FN2O2/c1-2-10(6-7-15)16-12(17)8-9-4-3-5-11(14)13(9)18/h3-5,10,18H,2,6,8H2,1H3,(H,16,17). The summed E-state index contributed by atoms with van der Waals surface area (Å²) in [5, 5.41) is 20.7. The molecular formula is C13H15FN2O2. The van der Waals surface area contributed by atoms with Crippen LogP contribution in [0.3, 0.4) is 0 Å². The van der Waals surface area contributed by atoms with E-state index in [1.807, 2.05) is 13.0 Å². The lowest BCUT2D eigenvalue weighted by atomic mass is 10.1. The third-order valence-electron chi connectivity index (χ3n) is 2.62. The SMILES string of the molecule is CCC(CC#N)NC(=O)Cc1cccc(F)c1O. The summed E-state index contributed by atoms with van der Waals surface area (Å²) < 4.78 is 13.1. The number of aromatic hydroxyl groups is 1. The van der Waals surface area contributed by atoms with Crippen LogP contribution in [0.1, 0.15) is 25.3 Å². The number of benzene rings is 1. The summed E-state index contributed by atoms with van der Waals surface area (Å²) in [6.45, 7) is 1.86. The van der Waals surface area contributed by atoms with Gasteiger partial charge in [0, 0.05) is 11.6 Å². The van der Waals surface area contributed by atoms with Crippen molar-refractivity contribution in [3.8, 4) is 11.8 Å². The quantitative estimate of drug-likeness (QED) is 0.838. The second-order valence-corrected chi connectivity index (χ2v) is 3.96. The van der Waals surface area contributed by atoms with E-state index < -0.39 is 11.6 Å². The number of nitrogens with zero attached hydrogens (tertiary/aromatic N) is 1. The lowest BCUT2D eigenvalue weighted by molar-refractivity contribution is -0.121. The smallest absolute Gasteiger partial charge is 0.224 e. The monoisotopic (exact) mass is 250 g/mol. The Balaban J connectivity index is 2.65. The van der Waals surface area contributed by atoms with Crippen LogP contribution >= 0.6 is 0 Å². The number of para-hydroxylation sites is 1. The molecule has 1 atom stereocenters. The van der Waals surface area contributed by atoms with E-state index in [2.05, 4.69) is 5.32 Å². The van der Waals surface area contributed by atoms with Gasteiger partial charge in [-0.3, -0.25) is 4.79 Å². The Morgan fingerprint density at radius 1 is 1.61 bits per heavy atom. The molecule has 0 fully saturated rings. The van der Waals surface area contributed by atoms with Crippen LogP contribution in [0.25, 0.3) is 0 Å². The summed E-state index contributed by atoms with van der Waals surface area (Å²) in [5.41, 5.74) is 0.235. The van der Waals surface area contributed by atoms with Crippen molar-refractivity contribution in [2.24, 2.45) is 0 Å². The molecule has 18 heavy (non-hydrogen) atoms. The molecule has 1 unspecified atom stereocenters. The van der Waals surface area contributed by atoms with Crippen molar-refractivity contribution >= 4 is 5.91 Å². The summed E-state index contributed by atoms with van der Waals surface area (Å²) in [6.07, 6.45) is 0.775. The number of halogens is 1. The van der Waals surface area contributed by atoms with Crippen molar-refractivity contribution in [1.29, 1.82) is 5.26 Å². The summed E-state index contributed by atoms with van der Waals surface area (Å²) in [5.74, 6) is -1.58. The zero-order chi connectivity index (χ0) is 13.5. The van der Waals surface area contributed by atoms with Crippen LogP contribution in [0.15, 0.2) is 18.2 Å². The predicted octanol–water partition coefficient (Wildman–Crippen LogP) is 1.88. The predicted molar refractivity (Wildman–Crippen MR) is 64.2 cm³/mol. The van der Waals surface area contributed by atoms with E-state index in [1.54, 1.807) is 0 Å². The fourth-order valence-electron chi connectivity index (χ4n) is 1.56. The van der Waals surface area contributed by atoms with Gasteiger partial charge in [-0.2, -0.15) is 5.26 Å². The topological polar surface area (TPSA) is 73.1 Å². The number of nitrogens with one attached hydrogen (secondary N) is 1. The van der Waals surface area contributed by atoms with Crippen molar-refractivity contribution in [3.05, 3.63) is 29.6 Å². The van der Waals surface area contributed by atoms with Gasteiger partial charge in [-0.1, -0.05) is 19.1 Å². The van der Waals surface area contributed by atoms with Crippen LogP contribution in [0.4, 0.5) is 4.39 Å². The molecule has 1 amide bonds. The molecule has 4 nitrogen and oxygen atoms in total. The maximum absolute atomic E-state index is 13.1. The first kappa shape index (κ1) is 14.0. The molecule has 0 aliphatic rings. The molecule has 0 spiro atoms. The van der Waals surface area contributed by atoms with E-state index in [0.717, 1.165) is 6.07 Å². The Hall–Kier alpha value is -2.09. The lowest BCUT2D eigenvalue weighted by Crippen LogP contribution is -2.35. The van der Waals surface area contributed by atoms with Crippen molar-refractivity contribution < 1.29 is 14.3 Å².